The van der Waals surface area contributed by atoms with E-state index in [-0.39, 0.29) is 6.04 Å². The number of carbonyl (C=O) groups is 1. The minimum atomic E-state index is -5.08. The number of alkyl halides is 3. The van der Waals surface area contributed by atoms with E-state index in [9.17, 15) is 13.2 Å². The first-order valence-electron chi connectivity index (χ1n) is 12.0. The molecule has 1 atom stereocenters. The molecule has 204 valence electrons. The van der Waals surface area contributed by atoms with Crippen LogP contribution >= 0.6 is 23.2 Å². The number of aliphatic carboxylic acids is 1. The molecule has 3 heterocycles. The van der Waals surface area contributed by atoms with E-state index < -0.39 is 12.1 Å². The lowest BCUT2D eigenvalue weighted by atomic mass is 10.0. The number of halogens is 5. The summed E-state index contributed by atoms with van der Waals surface area (Å²) in [6.45, 7) is 4.92. The molecule has 12 heteroatoms. The first-order chi connectivity index (χ1) is 18.4. The van der Waals surface area contributed by atoms with Crippen LogP contribution in [0.2, 0.25) is 10.0 Å². The third kappa shape index (κ3) is 6.88. The van der Waals surface area contributed by atoms with Crippen molar-refractivity contribution in [1.82, 2.24) is 15.0 Å². The second kappa shape index (κ2) is 11.6. The Kier molecular flexibility index (Phi) is 8.46. The molecule has 0 fully saturated rings. The SMILES string of the molecule is Cc1nc(N2CCCc3nc(C(C)Nc4ccc(Cl)cc4)ccc32)c2cc(Cl)ccc2n1.O=C(O)C(F)(F)F. The Morgan fingerprint density at radius 3 is 2.36 bits per heavy atom. The minimum Gasteiger partial charge on any atom is -0.475 e. The fraction of sp³-hybridized carbons (Fsp3) is 0.259. The van der Waals surface area contributed by atoms with Crippen molar-refractivity contribution in [3.05, 3.63) is 81.9 Å². The summed E-state index contributed by atoms with van der Waals surface area (Å²) >= 11 is 12.3. The summed E-state index contributed by atoms with van der Waals surface area (Å²) in [7, 11) is 0. The Labute approximate surface area is 232 Å². The van der Waals surface area contributed by atoms with Crippen LogP contribution in [0.4, 0.5) is 30.4 Å². The molecule has 0 spiro atoms. The molecule has 1 aliphatic heterocycles. The zero-order valence-corrected chi connectivity index (χ0v) is 22.4. The van der Waals surface area contributed by atoms with Crippen LogP contribution in [0, 0.1) is 6.92 Å². The largest absolute Gasteiger partial charge is 0.490 e. The second-order valence-corrected chi connectivity index (χ2v) is 9.76. The first kappa shape index (κ1) is 28.4. The molecule has 39 heavy (non-hydrogen) atoms. The molecule has 0 bridgehead atoms. The number of carboxylic acid groups (broad SMARTS) is 1. The molecular weight excluding hydrogens is 554 g/mol. The van der Waals surface area contributed by atoms with Crippen molar-refractivity contribution >= 4 is 57.3 Å². The number of benzene rings is 2. The van der Waals surface area contributed by atoms with E-state index in [1.807, 2.05) is 49.4 Å². The highest BCUT2D eigenvalue weighted by atomic mass is 35.5. The highest BCUT2D eigenvalue weighted by Gasteiger charge is 2.38. The number of nitrogens with one attached hydrogen (secondary N) is 1. The van der Waals surface area contributed by atoms with Crippen molar-refractivity contribution in [1.29, 1.82) is 0 Å². The fourth-order valence-corrected chi connectivity index (χ4v) is 4.50. The molecule has 7 nitrogen and oxygen atoms in total. The number of fused-ring (bicyclic) bond motifs is 2. The van der Waals surface area contributed by atoms with Gasteiger partial charge in [0.1, 0.15) is 11.6 Å². The van der Waals surface area contributed by atoms with Crippen LogP contribution in [0.5, 0.6) is 0 Å². The molecule has 1 unspecified atom stereocenters. The second-order valence-electron chi connectivity index (χ2n) is 8.89. The lowest BCUT2D eigenvalue weighted by Crippen LogP contribution is -2.27. The maximum Gasteiger partial charge on any atom is 0.490 e. The summed E-state index contributed by atoms with van der Waals surface area (Å²) in [5.41, 5.74) is 5.10. The molecular formula is C27H24Cl2F3N5O2. The Morgan fingerprint density at radius 2 is 1.69 bits per heavy atom. The summed E-state index contributed by atoms with van der Waals surface area (Å²) in [5.74, 6) is -1.13. The lowest BCUT2D eigenvalue weighted by molar-refractivity contribution is -0.192. The predicted molar refractivity (Wildman–Crippen MR) is 146 cm³/mol. The molecule has 0 saturated carbocycles. The number of hydrogen-bond donors (Lipinski definition) is 2. The van der Waals surface area contributed by atoms with Gasteiger partial charge in [-0.15, -0.1) is 0 Å². The van der Waals surface area contributed by atoms with E-state index >= 15 is 0 Å². The van der Waals surface area contributed by atoms with Gasteiger partial charge in [0.25, 0.3) is 0 Å². The van der Waals surface area contributed by atoms with Gasteiger partial charge in [0.15, 0.2) is 0 Å². The lowest BCUT2D eigenvalue weighted by Gasteiger charge is -2.31. The molecule has 0 radical (unpaired) electrons. The van der Waals surface area contributed by atoms with Gasteiger partial charge in [-0.3, -0.25) is 4.98 Å². The van der Waals surface area contributed by atoms with Gasteiger partial charge >= 0.3 is 12.1 Å². The number of anilines is 3. The average molecular weight is 578 g/mol. The predicted octanol–water partition coefficient (Wildman–Crippen LogP) is 7.53. The Hall–Kier alpha value is -3.63. The molecule has 2 aromatic heterocycles. The van der Waals surface area contributed by atoms with Gasteiger partial charge in [-0.2, -0.15) is 13.2 Å². The van der Waals surface area contributed by atoms with Gasteiger partial charge in [-0.05, 0) is 81.3 Å². The zero-order chi connectivity index (χ0) is 28.3. The number of aromatic nitrogens is 3. The molecule has 0 aliphatic carbocycles. The summed E-state index contributed by atoms with van der Waals surface area (Å²) in [6.07, 6.45) is -3.14. The average Bonchev–Trinajstić information content (AvgIpc) is 2.89. The van der Waals surface area contributed by atoms with E-state index in [0.717, 1.165) is 69.7 Å². The smallest absolute Gasteiger partial charge is 0.475 e. The van der Waals surface area contributed by atoms with Crippen LogP contribution in [-0.2, 0) is 11.2 Å². The number of aryl methyl sites for hydroxylation is 2. The van der Waals surface area contributed by atoms with Crippen molar-refractivity contribution in [2.45, 2.75) is 38.9 Å². The number of rotatable bonds is 4. The molecule has 2 aromatic carbocycles. The summed E-state index contributed by atoms with van der Waals surface area (Å²) in [5, 5.41) is 13.0. The van der Waals surface area contributed by atoms with Gasteiger partial charge in [-0.25, -0.2) is 14.8 Å². The molecule has 2 N–H and O–H groups in total. The third-order valence-electron chi connectivity index (χ3n) is 5.98. The maximum absolute atomic E-state index is 10.6. The monoisotopic (exact) mass is 577 g/mol. The van der Waals surface area contributed by atoms with E-state index in [0.29, 0.717) is 5.02 Å². The fourth-order valence-electron chi connectivity index (χ4n) is 4.20. The van der Waals surface area contributed by atoms with Crippen molar-refractivity contribution in [2.75, 3.05) is 16.8 Å². The number of carboxylic acids is 1. The molecule has 4 aromatic rings. The van der Waals surface area contributed by atoms with E-state index in [2.05, 4.69) is 34.3 Å². The van der Waals surface area contributed by atoms with E-state index in [1.165, 1.54) is 0 Å². The van der Waals surface area contributed by atoms with Crippen molar-refractivity contribution < 1.29 is 23.1 Å². The van der Waals surface area contributed by atoms with Crippen LogP contribution in [0.1, 0.15) is 36.6 Å². The van der Waals surface area contributed by atoms with Crippen LogP contribution in [-0.4, -0.2) is 38.7 Å². The summed E-state index contributed by atoms with van der Waals surface area (Å²) < 4.78 is 31.7. The number of hydrogen-bond acceptors (Lipinski definition) is 6. The number of nitrogens with zero attached hydrogens (tertiary/aromatic N) is 4. The highest BCUT2D eigenvalue weighted by molar-refractivity contribution is 6.31. The standard InChI is InChI=1S/C25H23Cl2N5.C2HF3O2/c1-15(28-19-8-5-17(26)6-9-19)21-11-12-24-23(31-21)4-3-13-32(24)25-20-14-18(27)7-10-22(20)29-16(2)30-25;3-2(4,5)1(6)7/h5-12,14-15,28H,3-4,13H2,1-2H3;(H,6,7). The van der Waals surface area contributed by atoms with Gasteiger partial charge < -0.3 is 15.3 Å². The van der Waals surface area contributed by atoms with Gasteiger partial charge in [0.2, 0.25) is 0 Å². The third-order valence-corrected chi connectivity index (χ3v) is 6.46. The van der Waals surface area contributed by atoms with E-state index in [4.69, 9.17) is 43.1 Å². The van der Waals surface area contributed by atoms with E-state index in [1.54, 1.807) is 0 Å². The normalized spacial score (nSPS) is 13.8. The van der Waals surface area contributed by atoms with Crippen LogP contribution in [0.3, 0.4) is 0 Å². The van der Waals surface area contributed by atoms with Crippen LogP contribution in [0.25, 0.3) is 10.9 Å². The molecule has 0 amide bonds. The topological polar surface area (TPSA) is 91.2 Å². The summed E-state index contributed by atoms with van der Waals surface area (Å²) in [4.78, 5) is 25.5. The Morgan fingerprint density at radius 1 is 1.03 bits per heavy atom. The Balaban J connectivity index is 0.000000448. The van der Waals surface area contributed by atoms with Crippen molar-refractivity contribution in [2.24, 2.45) is 0 Å². The quantitative estimate of drug-likeness (QED) is 0.259. The van der Waals surface area contributed by atoms with Gasteiger partial charge in [0, 0.05) is 27.7 Å². The first-order valence-corrected chi connectivity index (χ1v) is 12.7. The van der Waals surface area contributed by atoms with Gasteiger partial charge in [-0.1, -0.05) is 23.2 Å². The molecule has 5 rings (SSSR count). The van der Waals surface area contributed by atoms with Crippen LogP contribution < -0.4 is 10.2 Å². The summed E-state index contributed by atoms with van der Waals surface area (Å²) in [6, 6.07) is 17.8. The van der Waals surface area contributed by atoms with Crippen molar-refractivity contribution in [3.8, 4) is 0 Å². The van der Waals surface area contributed by atoms with Gasteiger partial charge in [0.05, 0.1) is 28.6 Å². The molecule has 0 saturated heterocycles. The van der Waals surface area contributed by atoms with Crippen LogP contribution in [0.15, 0.2) is 54.6 Å². The highest BCUT2D eigenvalue weighted by Crippen LogP contribution is 2.36. The zero-order valence-electron chi connectivity index (χ0n) is 20.9. The van der Waals surface area contributed by atoms with Crippen molar-refractivity contribution in [3.63, 3.8) is 0 Å². The Bertz CT molecular complexity index is 1500. The maximum atomic E-state index is 10.6. The minimum absolute atomic E-state index is 0.0674. The number of pyridine rings is 1. The molecule has 1 aliphatic rings.